The van der Waals surface area contributed by atoms with E-state index in [4.69, 9.17) is 0 Å². The zero-order valence-electron chi connectivity index (χ0n) is 11.6. The predicted octanol–water partition coefficient (Wildman–Crippen LogP) is 3.14. The van der Waals surface area contributed by atoms with Crippen molar-refractivity contribution >= 4 is 11.6 Å². The number of nitrogens with one attached hydrogen (secondary N) is 1. The smallest absolute Gasteiger partial charge is 0.253 e. The Morgan fingerprint density at radius 3 is 2.40 bits per heavy atom. The molecular weight excluding hydrogens is 255 g/mol. The van der Waals surface area contributed by atoms with Gasteiger partial charge < -0.3 is 10.2 Å². The summed E-state index contributed by atoms with van der Waals surface area (Å²) < 4.78 is 13.6. The van der Waals surface area contributed by atoms with E-state index in [1.807, 2.05) is 19.2 Å². The predicted molar refractivity (Wildman–Crippen MR) is 78.2 cm³/mol. The first-order chi connectivity index (χ1) is 9.61. The van der Waals surface area contributed by atoms with Gasteiger partial charge in [-0.1, -0.05) is 18.2 Å². The lowest BCUT2D eigenvalue weighted by Crippen LogP contribution is -2.26. The van der Waals surface area contributed by atoms with Gasteiger partial charge in [-0.2, -0.15) is 0 Å². The van der Waals surface area contributed by atoms with Crippen LogP contribution >= 0.6 is 0 Å². The van der Waals surface area contributed by atoms with E-state index in [2.05, 4.69) is 5.32 Å². The van der Waals surface area contributed by atoms with Gasteiger partial charge in [-0.05, 0) is 30.3 Å². The number of rotatable bonds is 4. The molecule has 0 aliphatic heterocycles. The van der Waals surface area contributed by atoms with Crippen LogP contribution in [0.1, 0.15) is 15.9 Å². The lowest BCUT2D eigenvalue weighted by atomic mass is 10.1. The Balaban J connectivity index is 2.10. The second-order valence-corrected chi connectivity index (χ2v) is 4.58. The highest BCUT2D eigenvalue weighted by Crippen LogP contribution is 2.13. The van der Waals surface area contributed by atoms with Crippen molar-refractivity contribution in [3.05, 3.63) is 65.5 Å². The van der Waals surface area contributed by atoms with Gasteiger partial charge in [0.1, 0.15) is 5.82 Å². The normalized spacial score (nSPS) is 10.2. The van der Waals surface area contributed by atoms with Crippen LogP contribution in [-0.2, 0) is 6.54 Å². The zero-order valence-corrected chi connectivity index (χ0v) is 11.6. The number of hydrogen-bond acceptors (Lipinski definition) is 2. The SMILES string of the molecule is CNc1ccc(C(=O)N(C)Cc2ccccc2F)cc1. The fourth-order valence-electron chi connectivity index (χ4n) is 1.95. The summed E-state index contributed by atoms with van der Waals surface area (Å²) in [6, 6.07) is 13.7. The van der Waals surface area contributed by atoms with Crippen molar-refractivity contribution < 1.29 is 9.18 Å². The van der Waals surface area contributed by atoms with E-state index in [1.165, 1.54) is 11.0 Å². The maximum atomic E-state index is 13.6. The summed E-state index contributed by atoms with van der Waals surface area (Å²) in [5.41, 5.74) is 2.04. The molecule has 0 aromatic heterocycles. The molecule has 0 bridgehead atoms. The van der Waals surface area contributed by atoms with Crippen LogP contribution in [-0.4, -0.2) is 24.9 Å². The van der Waals surface area contributed by atoms with Gasteiger partial charge in [-0.15, -0.1) is 0 Å². The molecule has 1 amide bonds. The van der Waals surface area contributed by atoms with Crippen molar-refractivity contribution in [3.63, 3.8) is 0 Å². The molecule has 0 unspecified atom stereocenters. The second-order valence-electron chi connectivity index (χ2n) is 4.58. The Hall–Kier alpha value is -2.36. The van der Waals surface area contributed by atoms with Crippen molar-refractivity contribution in [1.82, 2.24) is 4.90 Å². The third-order valence-electron chi connectivity index (χ3n) is 3.13. The van der Waals surface area contributed by atoms with Gasteiger partial charge in [-0.3, -0.25) is 4.79 Å². The first kappa shape index (κ1) is 14.1. The Bertz CT molecular complexity index is 596. The van der Waals surface area contributed by atoms with E-state index in [9.17, 15) is 9.18 Å². The third kappa shape index (κ3) is 3.15. The average molecular weight is 272 g/mol. The van der Waals surface area contributed by atoms with Crippen molar-refractivity contribution in [2.45, 2.75) is 6.54 Å². The maximum Gasteiger partial charge on any atom is 0.253 e. The molecule has 0 atom stereocenters. The fourth-order valence-corrected chi connectivity index (χ4v) is 1.95. The molecule has 0 saturated heterocycles. The molecule has 0 aliphatic carbocycles. The number of carbonyl (C=O) groups is 1. The van der Waals surface area contributed by atoms with E-state index < -0.39 is 0 Å². The number of nitrogens with zero attached hydrogens (tertiary/aromatic N) is 1. The molecule has 0 spiro atoms. The quantitative estimate of drug-likeness (QED) is 0.927. The van der Waals surface area contributed by atoms with Gasteiger partial charge in [0.2, 0.25) is 0 Å². The molecule has 1 N–H and O–H groups in total. The van der Waals surface area contributed by atoms with Crippen LogP contribution in [0.2, 0.25) is 0 Å². The van der Waals surface area contributed by atoms with Crippen molar-refractivity contribution in [2.75, 3.05) is 19.4 Å². The standard InChI is InChI=1S/C16H17FN2O/c1-18-14-9-7-12(8-10-14)16(20)19(2)11-13-5-3-4-6-15(13)17/h3-10,18H,11H2,1-2H3. The average Bonchev–Trinajstić information content (AvgIpc) is 2.49. The van der Waals surface area contributed by atoms with E-state index in [0.29, 0.717) is 11.1 Å². The molecule has 2 rings (SSSR count). The Morgan fingerprint density at radius 2 is 1.80 bits per heavy atom. The van der Waals surface area contributed by atoms with Crippen LogP contribution < -0.4 is 5.32 Å². The van der Waals surface area contributed by atoms with Crippen LogP contribution in [0.4, 0.5) is 10.1 Å². The summed E-state index contributed by atoms with van der Waals surface area (Å²) in [4.78, 5) is 13.7. The summed E-state index contributed by atoms with van der Waals surface area (Å²) in [7, 11) is 3.49. The molecule has 4 heteroatoms. The molecule has 104 valence electrons. The van der Waals surface area contributed by atoms with E-state index >= 15 is 0 Å². The molecule has 0 fully saturated rings. The highest BCUT2D eigenvalue weighted by atomic mass is 19.1. The number of benzene rings is 2. The van der Waals surface area contributed by atoms with E-state index in [0.717, 1.165) is 5.69 Å². The molecule has 0 radical (unpaired) electrons. The molecule has 3 nitrogen and oxygen atoms in total. The number of halogens is 1. The molecule has 2 aromatic rings. The summed E-state index contributed by atoms with van der Waals surface area (Å²) in [5.74, 6) is -0.423. The minimum atomic E-state index is -0.294. The largest absolute Gasteiger partial charge is 0.388 e. The summed E-state index contributed by atoms with van der Waals surface area (Å²) >= 11 is 0. The lowest BCUT2D eigenvalue weighted by Gasteiger charge is -2.18. The Morgan fingerprint density at radius 1 is 1.15 bits per heavy atom. The summed E-state index contributed by atoms with van der Waals surface area (Å²) in [5, 5.41) is 3.00. The van der Waals surface area contributed by atoms with Gasteiger partial charge >= 0.3 is 0 Å². The van der Waals surface area contributed by atoms with Gasteiger partial charge in [-0.25, -0.2) is 4.39 Å². The van der Waals surface area contributed by atoms with Crippen LogP contribution in [0, 0.1) is 5.82 Å². The zero-order chi connectivity index (χ0) is 14.5. The molecular formula is C16H17FN2O. The minimum absolute atomic E-state index is 0.129. The number of carbonyl (C=O) groups excluding carboxylic acids is 1. The number of anilines is 1. The summed E-state index contributed by atoms with van der Waals surface area (Å²) in [6.07, 6.45) is 0. The van der Waals surface area contributed by atoms with Crippen LogP contribution in [0.5, 0.6) is 0 Å². The van der Waals surface area contributed by atoms with E-state index in [1.54, 1.807) is 37.4 Å². The van der Waals surface area contributed by atoms with Gasteiger partial charge in [0.15, 0.2) is 0 Å². The second kappa shape index (κ2) is 6.19. The Labute approximate surface area is 118 Å². The Kier molecular flexibility index (Phi) is 4.35. The van der Waals surface area contributed by atoms with E-state index in [-0.39, 0.29) is 18.3 Å². The van der Waals surface area contributed by atoms with Crippen molar-refractivity contribution in [3.8, 4) is 0 Å². The number of hydrogen-bond donors (Lipinski definition) is 1. The van der Waals surface area contributed by atoms with Gasteiger partial charge in [0.05, 0.1) is 0 Å². The minimum Gasteiger partial charge on any atom is -0.388 e. The molecule has 0 aliphatic rings. The summed E-state index contributed by atoms with van der Waals surface area (Å²) in [6.45, 7) is 0.249. The highest BCUT2D eigenvalue weighted by molar-refractivity contribution is 5.94. The van der Waals surface area contributed by atoms with Crippen molar-refractivity contribution in [1.29, 1.82) is 0 Å². The third-order valence-corrected chi connectivity index (χ3v) is 3.13. The van der Waals surface area contributed by atoms with Crippen molar-refractivity contribution in [2.24, 2.45) is 0 Å². The van der Waals surface area contributed by atoms with Gasteiger partial charge in [0.25, 0.3) is 5.91 Å². The monoisotopic (exact) mass is 272 g/mol. The lowest BCUT2D eigenvalue weighted by molar-refractivity contribution is 0.0784. The first-order valence-corrected chi connectivity index (χ1v) is 6.38. The first-order valence-electron chi connectivity index (χ1n) is 6.38. The van der Waals surface area contributed by atoms with Crippen LogP contribution in [0.25, 0.3) is 0 Å². The fraction of sp³-hybridized carbons (Fsp3) is 0.188. The molecule has 0 heterocycles. The van der Waals surface area contributed by atoms with Crippen LogP contribution in [0.3, 0.4) is 0 Å². The molecule has 20 heavy (non-hydrogen) atoms. The van der Waals surface area contributed by atoms with Gasteiger partial charge in [0, 0.05) is 37.5 Å². The molecule has 2 aromatic carbocycles. The topological polar surface area (TPSA) is 32.3 Å². The highest BCUT2D eigenvalue weighted by Gasteiger charge is 2.13. The molecule has 0 saturated carbocycles. The number of amides is 1. The van der Waals surface area contributed by atoms with Crippen LogP contribution in [0.15, 0.2) is 48.5 Å². The maximum absolute atomic E-state index is 13.6.